The number of aryl methyl sites for hydroxylation is 1. The van der Waals surface area contributed by atoms with Crippen LogP contribution in [0.25, 0.3) is 5.69 Å². The Morgan fingerprint density at radius 2 is 2.12 bits per heavy atom. The fourth-order valence-electron chi connectivity index (χ4n) is 1.57. The lowest BCUT2D eigenvalue weighted by Crippen LogP contribution is -2.21. The van der Waals surface area contributed by atoms with Crippen LogP contribution in [0.4, 0.5) is 5.69 Å². The molecule has 0 radical (unpaired) electrons. The molecule has 1 heterocycles. The molecule has 0 fully saturated rings. The molecule has 0 bridgehead atoms. The highest BCUT2D eigenvalue weighted by Crippen LogP contribution is 2.21. The molecule has 2 rings (SSSR count). The zero-order valence-electron chi connectivity index (χ0n) is 9.68. The Labute approximate surface area is 98.5 Å². The van der Waals surface area contributed by atoms with Crippen LogP contribution < -0.4 is 16.0 Å². The number of benzene rings is 1. The monoisotopic (exact) mass is 231 g/mol. The van der Waals surface area contributed by atoms with Gasteiger partial charge in [-0.2, -0.15) is 9.78 Å². The maximum absolute atomic E-state index is 11.8. The van der Waals surface area contributed by atoms with Crippen molar-refractivity contribution in [2.75, 3.05) is 12.8 Å². The van der Waals surface area contributed by atoms with Crippen LogP contribution in [0.15, 0.2) is 35.3 Å². The third-order valence-corrected chi connectivity index (χ3v) is 2.38. The van der Waals surface area contributed by atoms with Gasteiger partial charge in [-0.25, -0.2) is 0 Å². The Morgan fingerprint density at radius 1 is 1.35 bits per heavy atom. The summed E-state index contributed by atoms with van der Waals surface area (Å²) >= 11 is 0. The number of aromatic nitrogens is 2. The second kappa shape index (κ2) is 4.29. The number of hydrogen-bond acceptors (Lipinski definition) is 4. The summed E-state index contributed by atoms with van der Waals surface area (Å²) < 4.78 is 6.48. The summed E-state index contributed by atoms with van der Waals surface area (Å²) in [5.74, 6) is 0.593. The first-order chi connectivity index (χ1) is 8.11. The van der Waals surface area contributed by atoms with E-state index in [0.29, 0.717) is 17.1 Å². The summed E-state index contributed by atoms with van der Waals surface area (Å²) in [6.07, 6.45) is 1.43. The van der Waals surface area contributed by atoms with E-state index in [1.807, 2.05) is 19.1 Å². The van der Waals surface area contributed by atoms with Crippen molar-refractivity contribution in [3.8, 4) is 11.4 Å². The molecule has 2 N–H and O–H groups in total. The van der Waals surface area contributed by atoms with Crippen molar-refractivity contribution >= 4 is 5.69 Å². The Kier molecular flexibility index (Phi) is 2.82. The molecular formula is C12H13N3O2. The maximum Gasteiger partial charge on any atom is 0.273 e. The number of anilines is 1. The quantitative estimate of drug-likeness (QED) is 0.841. The Bertz CT molecular complexity index is 605. The highest BCUT2D eigenvalue weighted by molar-refractivity contribution is 5.48. The minimum atomic E-state index is -0.283. The van der Waals surface area contributed by atoms with Gasteiger partial charge in [-0.3, -0.25) is 4.79 Å². The molecule has 0 saturated carbocycles. The lowest BCUT2D eigenvalue weighted by Gasteiger charge is -2.10. The summed E-state index contributed by atoms with van der Waals surface area (Å²) in [6, 6.07) is 6.87. The topological polar surface area (TPSA) is 70.1 Å². The molecule has 0 unspecified atom stereocenters. The van der Waals surface area contributed by atoms with Crippen molar-refractivity contribution in [3.63, 3.8) is 0 Å². The first-order valence-corrected chi connectivity index (χ1v) is 5.11. The molecule has 0 spiro atoms. The first-order valence-electron chi connectivity index (χ1n) is 5.11. The first kappa shape index (κ1) is 11.2. The second-order valence-corrected chi connectivity index (χ2v) is 3.71. The normalized spacial score (nSPS) is 10.2. The fourth-order valence-corrected chi connectivity index (χ4v) is 1.57. The zero-order chi connectivity index (χ0) is 12.4. The van der Waals surface area contributed by atoms with E-state index >= 15 is 0 Å². The zero-order valence-corrected chi connectivity index (χ0v) is 9.68. The number of hydrogen-bond donors (Lipinski definition) is 1. The molecule has 5 heteroatoms. The van der Waals surface area contributed by atoms with Crippen LogP contribution in [0.1, 0.15) is 5.56 Å². The molecule has 0 aliphatic rings. The molecular weight excluding hydrogens is 218 g/mol. The summed E-state index contributed by atoms with van der Waals surface area (Å²) in [4.78, 5) is 11.8. The highest BCUT2D eigenvalue weighted by atomic mass is 16.5. The van der Waals surface area contributed by atoms with Gasteiger partial charge >= 0.3 is 0 Å². The van der Waals surface area contributed by atoms with Crippen molar-refractivity contribution in [2.24, 2.45) is 0 Å². The molecule has 0 atom stereocenters. The number of methoxy groups -OCH3 is 1. The molecule has 88 valence electrons. The third kappa shape index (κ3) is 2.13. The van der Waals surface area contributed by atoms with Crippen LogP contribution in [-0.4, -0.2) is 16.9 Å². The van der Waals surface area contributed by atoms with Gasteiger partial charge in [0.05, 0.1) is 19.0 Å². The van der Waals surface area contributed by atoms with Crippen LogP contribution in [0, 0.1) is 6.92 Å². The number of nitrogens with zero attached hydrogens (tertiary/aromatic N) is 2. The maximum atomic E-state index is 11.8. The third-order valence-electron chi connectivity index (χ3n) is 2.38. The van der Waals surface area contributed by atoms with Crippen LogP contribution >= 0.6 is 0 Å². The SMILES string of the molecule is COc1ccc(C)cc1-n1ncc(N)cc1=O. The number of rotatable bonds is 2. The lowest BCUT2D eigenvalue weighted by molar-refractivity contribution is 0.411. The standard InChI is InChI=1S/C12H13N3O2/c1-8-3-4-11(17-2)10(5-8)15-12(16)6-9(13)7-14-15/h3-7H,13H2,1-2H3. The highest BCUT2D eigenvalue weighted by Gasteiger charge is 2.08. The molecule has 0 aliphatic heterocycles. The number of nitrogen functional groups attached to an aromatic ring is 1. The van der Waals surface area contributed by atoms with Gasteiger partial charge in [-0.05, 0) is 24.6 Å². The minimum absolute atomic E-state index is 0.283. The minimum Gasteiger partial charge on any atom is -0.494 e. The number of nitrogens with two attached hydrogens (primary N) is 1. The van der Waals surface area contributed by atoms with Gasteiger partial charge in [0, 0.05) is 6.07 Å². The summed E-state index contributed by atoms with van der Waals surface area (Å²) in [5, 5.41) is 4.00. The average molecular weight is 231 g/mol. The number of ether oxygens (including phenoxy) is 1. The smallest absolute Gasteiger partial charge is 0.273 e. The Morgan fingerprint density at radius 3 is 2.76 bits per heavy atom. The molecule has 1 aromatic carbocycles. The van der Waals surface area contributed by atoms with E-state index in [1.54, 1.807) is 13.2 Å². The molecule has 0 amide bonds. The Hall–Kier alpha value is -2.30. The van der Waals surface area contributed by atoms with E-state index in [4.69, 9.17) is 10.5 Å². The average Bonchev–Trinajstić information content (AvgIpc) is 2.29. The van der Waals surface area contributed by atoms with Gasteiger partial charge in [0.1, 0.15) is 11.4 Å². The van der Waals surface area contributed by atoms with Crippen molar-refractivity contribution in [3.05, 3.63) is 46.4 Å². The predicted molar refractivity (Wildman–Crippen MR) is 65.5 cm³/mol. The van der Waals surface area contributed by atoms with Crippen molar-refractivity contribution in [2.45, 2.75) is 6.92 Å². The predicted octanol–water partition coefficient (Wildman–Crippen LogP) is 1.13. The van der Waals surface area contributed by atoms with Gasteiger partial charge < -0.3 is 10.5 Å². The van der Waals surface area contributed by atoms with Crippen LogP contribution in [0.2, 0.25) is 0 Å². The van der Waals surface area contributed by atoms with Crippen LogP contribution in [0.3, 0.4) is 0 Å². The molecule has 0 aliphatic carbocycles. The van der Waals surface area contributed by atoms with Gasteiger partial charge in [-0.15, -0.1) is 0 Å². The summed E-state index contributed by atoms with van der Waals surface area (Å²) in [7, 11) is 1.55. The summed E-state index contributed by atoms with van der Waals surface area (Å²) in [5.41, 5.74) is 7.19. The van der Waals surface area contributed by atoms with Crippen LogP contribution in [0.5, 0.6) is 5.75 Å². The van der Waals surface area contributed by atoms with E-state index in [9.17, 15) is 4.79 Å². The largest absolute Gasteiger partial charge is 0.494 e. The van der Waals surface area contributed by atoms with E-state index < -0.39 is 0 Å². The van der Waals surface area contributed by atoms with Crippen molar-refractivity contribution < 1.29 is 4.74 Å². The van der Waals surface area contributed by atoms with Crippen molar-refractivity contribution in [1.29, 1.82) is 0 Å². The molecule has 0 saturated heterocycles. The van der Waals surface area contributed by atoms with Gasteiger partial charge in [0.15, 0.2) is 0 Å². The summed E-state index contributed by atoms with van der Waals surface area (Å²) in [6.45, 7) is 1.94. The molecule has 2 aromatic rings. The fraction of sp³-hybridized carbons (Fsp3) is 0.167. The van der Waals surface area contributed by atoms with E-state index in [0.717, 1.165) is 5.56 Å². The molecule has 1 aromatic heterocycles. The van der Waals surface area contributed by atoms with Crippen LogP contribution in [-0.2, 0) is 0 Å². The van der Waals surface area contributed by atoms with Gasteiger partial charge in [0.25, 0.3) is 5.56 Å². The van der Waals surface area contributed by atoms with E-state index in [1.165, 1.54) is 16.9 Å². The van der Waals surface area contributed by atoms with Crippen molar-refractivity contribution in [1.82, 2.24) is 9.78 Å². The lowest BCUT2D eigenvalue weighted by atomic mass is 10.2. The van der Waals surface area contributed by atoms with Gasteiger partial charge in [0.2, 0.25) is 0 Å². The van der Waals surface area contributed by atoms with E-state index in [2.05, 4.69) is 5.10 Å². The Balaban J connectivity index is 2.67. The molecule has 5 nitrogen and oxygen atoms in total. The van der Waals surface area contributed by atoms with E-state index in [-0.39, 0.29) is 5.56 Å². The second-order valence-electron chi connectivity index (χ2n) is 3.71. The molecule has 17 heavy (non-hydrogen) atoms. The van der Waals surface area contributed by atoms with Gasteiger partial charge in [-0.1, -0.05) is 6.07 Å².